The molecule has 0 atom stereocenters. The van der Waals surface area contributed by atoms with E-state index in [1.807, 2.05) is 50.2 Å². The van der Waals surface area contributed by atoms with E-state index in [2.05, 4.69) is 55.4 Å². The number of nitrogens with zero attached hydrogens (tertiary/aromatic N) is 4. The molecule has 8 rings (SSSR count). The molecular weight excluding hydrogens is 544 g/mol. The van der Waals surface area contributed by atoms with E-state index >= 15 is 0 Å². The molecule has 8 aromatic rings. The Kier molecular flexibility index (Phi) is 5.08. The molecule has 0 saturated heterocycles. The number of pyridine rings is 2. The first kappa shape index (κ1) is 23.5. The zero-order valence-corrected chi connectivity index (χ0v) is 25.6. The molecule has 0 saturated carbocycles. The van der Waals surface area contributed by atoms with Gasteiger partial charge < -0.3 is 8.83 Å². The van der Waals surface area contributed by atoms with Crippen LogP contribution >= 0.6 is 0 Å². The lowest BCUT2D eigenvalue weighted by molar-refractivity contribution is 0.652. The summed E-state index contributed by atoms with van der Waals surface area (Å²) in [6.07, 6.45) is 0. The fourth-order valence-electron chi connectivity index (χ4n) is 6.85. The highest BCUT2D eigenvalue weighted by molar-refractivity contribution is 6.12. The molecule has 0 aliphatic carbocycles. The van der Waals surface area contributed by atoms with Gasteiger partial charge >= 0.3 is 0 Å². The van der Waals surface area contributed by atoms with Gasteiger partial charge in [-0.15, -0.1) is 0 Å². The van der Waals surface area contributed by atoms with Gasteiger partial charge in [-0.3, -0.25) is 9.55 Å². The number of aryl methyl sites for hydroxylation is 3. The number of fused-ring (bicyclic) bond motifs is 7. The first-order valence-corrected chi connectivity index (χ1v) is 15.1. The van der Waals surface area contributed by atoms with Crippen LogP contribution in [0.2, 0.25) is 0 Å². The van der Waals surface area contributed by atoms with Crippen LogP contribution in [0.1, 0.15) is 71.9 Å². The average molecular weight is 582 g/mol. The van der Waals surface area contributed by atoms with E-state index in [1.165, 1.54) is 5.56 Å². The van der Waals surface area contributed by atoms with Crippen molar-refractivity contribution in [3.63, 3.8) is 0 Å². The van der Waals surface area contributed by atoms with E-state index in [1.54, 1.807) is 12.1 Å². The maximum atomic E-state index is 7.89. The van der Waals surface area contributed by atoms with Gasteiger partial charge in [0.15, 0.2) is 0 Å². The van der Waals surface area contributed by atoms with Gasteiger partial charge in [0.05, 0.1) is 22.4 Å². The van der Waals surface area contributed by atoms with Crippen LogP contribution in [0.3, 0.4) is 0 Å². The quantitative estimate of drug-likeness (QED) is 0.207. The molecular formula is C38H34N4O2. The maximum Gasteiger partial charge on any atom is 0.227 e. The molecule has 0 amide bonds. The average Bonchev–Trinajstić information content (AvgIpc) is 3.70. The van der Waals surface area contributed by atoms with Crippen molar-refractivity contribution in [3.05, 3.63) is 94.9 Å². The molecule has 6 heteroatoms. The second-order valence-electron chi connectivity index (χ2n) is 12.3. The number of benzene rings is 3. The topological polar surface area (TPSA) is 69.9 Å². The van der Waals surface area contributed by atoms with E-state index in [0.29, 0.717) is 5.58 Å². The molecule has 0 bridgehead atoms. The molecule has 0 N–H and O–H groups in total. The Balaban J connectivity index is 1.55. The summed E-state index contributed by atoms with van der Waals surface area (Å²) < 4.78 is 38.8. The third-order valence-electron chi connectivity index (χ3n) is 8.67. The van der Waals surface area contributed by atoms with Crippen molar-refractivity contribution in [1.82, 2.24) is 19.5 Å². The van der Waals surface area contributed by atoms with Gasteiger partial charge in [-0.25, -0.2) is 9.97 Å². The lowest BCUT2D eigenvalue weighted by Crippen LogP contribution is -2.10. The van der Waals surface area contributed by atoms with Crippen LogP contribution in [0.15, 0.2) is 75.6 Å². The zero-order valence-electron chi connectivity index (χ0n) is 28.6. The number of hydrogen-bond acceptors (Lipinski definition) is 5. The van der Waals surface area contributed by atoms with Crippen LogP contribution in [0.5, 0.6) is 0 Å². The molecule has 0 aliphatic rings. The van der Waals surface area contributed by atoms with Crippen molar-refractivity contribution in [2.75, 3.05) is 0 Å². The van der Waals surface area contributed by atoms with Gasteiger partial charge in [0.25, 0.3) is 0 Å². The minimum absolute atomic E-state index is 0.00249. The van der Waals surface area contributed by atoms with E-state index in [4.69, 9.17) is 22.9 Å². The molecule has 3 aromatic carbocycles. The van der Waals surface area contributed by atoms with Crippen LogP contribution in [-0.2, 0) is 0 Å². The first-order valence-electron chi connectivity index (χ1n) is 16.6. The molecule has 218 valence electrons. The molecule has 0 aliphatic heterocycles. The highest BCUT2D eigenvalue weighted by Gasteiger charge is 2.29. The summed E-state index contributed by atoms with van der Waals surface area (Å²) >= 11 is 0. The largest absolute Gasteiger partial charge is 0.456 e. The summed E-state index contributed by atoms with van der Waals surface area (Å²) in [6, 6.07) is 21.8. The fourth-order valence-corrected chi connectivity index (χ4v) is 6.85. The molecule has 5 aromatic heterocycles. The van der Waals surface area contributed by atoms with Gasteiger partial charge in [-0.1, -0.05) is 58.0 Å². The summed E-state index contributed by atoms with van der Waals surface area (Å²) in [5.74, 6) is 1.03. The predicted molar refractivity (Wildman–Crippen MR) is 179 cm³/mol. The highest BCUT2D eigenvalue weighted by atomic mass is 16.3. The van der Waals surface area contributed by atoms with Crippen LogP contribution in [0.25, 0.3) is 72.1 Å². The standard InChI is InChI=1S/C38H34N4O2/c1-19(2)27-18-28-24-11-8-9-13-30(24)43-36(28)32(20(3)4)35(27)42-34-23(7)39-22(6)17-29(34)41-37(42)25-12-10-14-31-33(25)26-16-15-21(5)40-38(26)44-31/h8-20H,1-7H3/i5D3. The van der Waals surface area contributed by atoms with Gasteiger partial charge in [0, 0.05) is 48.2 Å². The van der Waals surface area contributed by atoms with Gasteiger partial charge in [-0.05, 0) is 74.5 Å². The van der Waals surface area contributed by atoms with E-state index < -0.39 is 6.85 Å². The Morgan fingerprint density at radius 1 is 0.750 bits per heavy atom. The Morgan fingerprint density at radius 3 is 2.36 bits per heavy atom. The first-order chi connectivity index (χ1) is 22.4. The molecule has 0 fully saturated rings. The van der Waals surface area contributed by atoms with E-state index in [0.717, 1.165) is 77.8 Å². The van der Waals surface area contributed by atoms with Crippen LogP contribution in [0, 0.1) is 20.7 Å². The van der Waals surface area contributed by atoms with Crippen molar-refractivity contribution in [2.45, 2.75) is 60.2 Å². The fraction of sp³-hybridized carbons (Fsp3) is 0.237. The van der Waals surface area contributed by atoms with Crippen molar-refractivity contribution in [1.29, 1.82) is 0 Å². The smallest absolute Gasteiger partial charge is 0.227 e. The van der Waals surface area contributed by atoms with Gasteiger partial charge in [0.1, 0.15) is 22.6 Å². The number of aromatic nitrogens is 4. The Hall–Kier alpha value is -4.97. The molecule has 0 spiro atoms. The lowest BCUT2D eigenvalue weighted by atomic mass is 9.89. The normalized spacial score (nSPS) is 13.7. The third kappa shape index (κ3) is 3.76. The van der Waals surface area contributed by atoms with Crippen LogP contribution in [-0.4, -0.2) is 19.5 Å². The molecule has 44 heavy (non-hydrogen) atoms. The molecule has 5 heterocycles. The molecule has 0 radical (unpaired) electrons. The number of rotatable bonds is 4. The van der Waals surface area contributed by atoms with E-state index in [-0.39, 0.29) is 23.2 Å². The Morgan fingerprint density at radius 2 is 1.57 bits per heavy atom. The second kappa shape index (κ2) is 9.52. The number of hydrogen-bond donors (Lipinski definition) is 0. The van der Waals surface area contributed by atoms with Crippen LogP contribution < -0.4 is 0 Å². The van der Waals surface area contributed by atoms with Crippen molar-refractivity contribution in [3.8, 4) is 17.1 Å². The third-order valence-corrected chi connectivity index (χ3v) is 8.67. The lowest BCUT2D eigenvalue weighted by Gasteiger charge is -2.23. The Bertz CT molecular complexity index is 2550. The van der Waals surface area contributed by atoms with Crippen molar-refractivity contribution in [2.24, 2.45) is 0 Å². The monoisotopic (exact) mass is 581 g/mol. The summed E-state index contributed by atoms with van der Waals surface area (Å²) in [5.41, 5.74) is 10.3. The minimum atomic E-state index is -2.35. The van der Waals surface area contributed by atoms with E-state index in [9.17, 15) is 0 Å². The summed E-state index contributed by atoms with van der Waals surface area (Å²) in [5, 5.41) is 3.76. The van der Waals surface area contributed by atoms with Gasteiger partial charge in [-0.2, -0.15) is 0 Å². The number of furan rings is 2. The van der Waals surface area contributed by atoms with Crippen LogP contribution in [0.4, 0.5) is 0 Å². The second-order valence-corrected chi connectivity index (χ2v) is 12.3. The maximum absolute atomic E-state index is 7.89. The molecule has 0 unspecified atom stereocenters. The highest BCUT2D eigenvalue weighted by Crippen LogP contribution is 2.45. The predicted octanol–water partition coefficient (Wildman–Crippen LogP) is 10.5. The SMILES string of the molecule is [2H]C([2H])([2H])c1ccc2c(n1)oc1cccc(-c3nc4cc(C)nc(C)c4n3-c3c(C(C)C)cc4c(oc5ccccc54)c3C(C)C)c12. The van der Waals surface area contributed by atoms with Crippen molar-refractivity contribution >= 4 is 55.0 Å². The summed E-state index contributed by atoms with van der Waals surface area (Å²) in [6.45, 7) is 10.6. The minimum Gasteiger partial charge on any atom is -0.456 e. The number of para-hydroxylation sites is 1. The zero-order chi connectivity index (χ0) is 32.9. The Labute approximate surface area is 259 Å². The summed E-state index contributed by atoms with van der Waals surface area (Å²) in [7, 11) is 0. The van der Waals surface area contributed by atoms with Crippen molar-refractivity contribution < 1.29 is 12.9 Å². The number of imidazole rings is 1. The molecule has 6 nitrogen and oxygen atoms in total. The van der Waals surface area contributed by atoms with Gasteiger partial charge in [0.2, 0.25) is 5.71 Å². The summed E-state index contributed by atoms with van der Waals surface area (Å²) in [4.78, 5) is 14.7.